The molecule has 0 rings (SSSR count). The summed E-state index contributed by atoms with van der Waals surface area (Å²) in [4.78, 5) is 104. The number of carboxylic acid groups (broad SMARTS) is 2. The molecular weight excluding hydrogens is 718 g/mol. The Morgan fingerprint density at radius 1 is 0.648 bits per heavy atom. The number of nitrogens with one attached hydrogen (secondary N) is 6. The van der Waals surface area contributed by atoms with E-state index in [1.165, 1.54) is 0 Å². The van der Waals surface area contributed by atoms with E-state index >= 15 is 0 Å². The van der Waals surface area contributed by atoms with Gasteiger partial charge in [-0.25, -0.2) is 4.79 Å². The number of rotatable bonds is 28. The van der Waals surface area contributed by atoms with E-state index in [1.54, 1.807) is 13.8 Å². The molecular formula is C31H57N11O12. The number of carbonyl (C=O) groups excluding carboxylic acids is 6. The second-order valence-corrected chi connectivity index (χ2v) is 12.7. The molecule has 18 N–H and O–H groups in total. The number of hydrogen-bond acceptors (Lipinski definition) is 13. The van der Waals surface area contributed by atoms with Gasteiger partial charge in [-0.05, 0) is 57.4 Å². The van der Waals surface area contributed by atoms with E-state index in [9.17, 15) is 53.7 Å². The van der Waals surface area contributed by atoms with Gasteiger partial charge in [0.2, 0.25) is 35.4 Å². The molecule has 0 radical (unpaired) electrons. The van der Waals surface area contributed by atoms with Crippen LogP contribution < -0.4 is 54.8 Å². The van der Waals surface area contributed by atoms with Crippen molar-refractivity contribution in [2.24, 2.45) is 33.8 Å². The van der Waals surface area contributed by atoms with E-state index in [2.05, 4.69) is 36.9 Å². The zero-order valence-electron chi connectivity index (χ0n) is 30.5. The van der Waals surface area contributed by atoms with Crippen molar-refractivity contribution in [3.05, 3.63) is 0 Å². The summed E-state index contributed by atoms with van der Waals surface area (Å²) in [6, 6.07) is -8.62. The first kappa shape index (κ1) is 48.9. The fraction of sp³-hybridized carbons (Fsp3) is 0.710. The van der Waals surface area contributed by atoms with Crippen LogP contribution in [0, 0.1) is 5.92 Å². The van der Waals surface area contributed by atoms with Crippen LogP contribution in [0.3, 0.4) is 0 Å². The Kier molecular flexibility index (Phi) is 24.1. The fourth-order valence-electron chi connectivity index (χ4n) is 4.66. The second kappa shape index (κ2) is 26.6. The van der Waals surface area contributed by atoms with Gasteiger partial charge in [-0.1, -0.05) is 13.8 Å². The summed E-state index contributed by atoms with van der Waals surface area (Å²) < 4.78 is 0. The zero-order valence-corrected chi connectivity index (χ0v) is 30.5. The largest absolute Gasteiger partial charge is 0.481 e. The number of carbonyl (C=O) groups is 8. The highest BCUT2D eigenvalue weighted by molar-refractivity contribution is 5.96. The molecule has 0 heterocycles. The molecule has 0 spiro atoms. The summed E-state index contributed by atoms with van der Waals surface area (Å²) in [5.74, 6) is -8.64. The molecule has 0 aromatic heterocycles. The van der Waals surface area contributed by atoms with Crippen LogP contribution >= 0.6 is 0 Å². The van der Waals surface area contributed by atoms with Gasteiger partial charge in [-0.15, -0.1) is 0 Å². The lowest BCUT2D eigenvalue weighted by atomic mass is 10.0. The molecule has 0 aromatic carbocycles. The van der Waals surface area contributed by atoms with Crippen LogP contribution in [0.2, 0.25) is 0 Å². The Morgan fingerprint density at radius 2 is 1.15 bits per heavy atom. The number of aliphatic hydroxyl groups excluding tert-OH is 2. The van der Waals surface area contributed by atoms with Crippen molar-refractivity contribution in [1.29, 1.82) is 0 Å². The highest BCUT2D eigenvalue weighted by atomic mass is 16.4. The van der Waals surface area contributed by atoms with Gasteiger partial charge in [0.25, 0.3) is 0 Å². The average Bonchev–Trinajstić information content (AvgIpc) is 3.10. The van der Waals surface area contributed by atoms with E-state index in [1.807, 2.05) is 0 Å². The Morgan fingerprint density at radius 3 is 1.61 bits per heavy atom. The van der Waals surface area contributed by atoms with Crippen LogP contribution in [-0.2, 0) is 38.4 Å². The number of nitrogens with zero attached hydrogens (tertiary/aromatic N) is 1. The Hall–Kier alpha value is -5.13. The summed E-state index contributed by atoms with van der Waals surface area (Å²) in [7, 11) is 0. The number of aliphatic imine (C=N–C) groups is 1. The highest BCUT2D eigenvalue weighted by Crippen LogP contribution is 2.07. The van der Waals surface area contributed by atoms with Crippen molar-refractivity contribution >= 4 is 53.3 Å². The van der Waals surface area contributed by atoms with Gasteiger partial charge in [-0.2, -0.15) is 0 Å². The van der Waals surface area contributed by atoms with Gasteiger partial charge in [-0.3, -0.25) is 38.6 Å². The number of carboxylic acids is 2. The SMILES string of the molecule is CC(C)C[C@H](NC(=O)[C@H](CO)NC(=O)[C@H](CCCCN)NC(=O)[C@H](CO)NC(=O)[C@H](CCC(=O)O)NC(=O)CNC(=O)[C@@H](N)CCCN=C(N)N)C(=O)O. The van der Waals surface area contributed by atoms with Crippen molar-refractivity contribution < 1.29 is 58.8 Å². The van der Waals surface area contributed by atoms with Crippen molar-refractivity contribution in [1.82, 2.24) is 31.9 Å². The molecule has 6 amide bonds. The molecule has 0 saturated carbocycles. The van der Waals surface area contributed by atoms with Crippen molar-refractivity contribution in [3.8, 4) is 0 Å². The summed E-state index contributed by atoms with van der Waals surface area (Å²) >= 11 is 0. The molecule has 0 aliphatic carbocycles. The zero-order chi connectivity index (χ0) is 41.4. The Labute approximate surface area is 312 Å². The number of amides is 6. The Balaban J connectivity index is 5.69. The smallest absolute Gasteiger partial charge is 0.326 e. The van der Waals surface area contributed by atoms with Gasteiger partial charge in [0.15, 0.2) is 5.96 Å². The molecule has 308 valence electrons. The van der Waals surface area contributed by atoms with Crippen molar-refractivity contribution in [2.75, 3.05) is 32.8 Å². The first-order chi connectivity index (χ1) is 25.4. The maximum absolute atomic E-state index is 13.2. The van der Waals surface area contributed by atoms with E-state index in [4.69, 9.17) is 28.0 Å². The summed E-state index contributed by atoms with van der Waals surface area (Å²) in [6.07, 6.45) is 0.202. The topological polar surface area (TPSA) is 406 Å². The fourth-order valence-corrected chi connectivity index (χ4v) is 4.66. The summed E-state index contributed by atoms with van der Waals surface area (Å²) in [6.45, 7) is 1.33. The minimum atomic E-state index is -1.73. The van der Waals surface area contributed by atoms with E-state index < -0.39 is 116 Å². The highest BCUT2D eigenvalue weighted by Gasteiger charge is 2.32. The second-order valence-electron chi connectivity index (χ2n) is 12.7. The minimum absolute atomic E-state index is 0.0469. The van der Waals surface area contributed by atoms with Gasteiger partial charge in [0.1, 0.15) is 30.2 Å². The third-order valence-corrected chi connectivity index (χ3v) is 7.56. The number of guanidine groups is 1. The van der Waals surface area contributed by atoms with Crippen molar-refractivity contribution in [3.63, 3.8) is 0 Å². The predicted octanol–water partition coefficient (Wildman–Crippen LogP) is -5.98. The van der Waals surface area contributed by atoms with E-state index in [-0.39, 0.29) is 44.2 Å². The lowest BCUT2D eigenvalue weighted by Gasteiger charge is -2.26. The van der Waals surface area contributed by atoms with Gasteiger partial charge < -0.3 is 75.3 Å². The molecule has 0 saturated heterocycles. The standard InChI is InChI=1S/C31H57N11O12/c1-16(2)12-20(30(53)54)40-29(52)22(15-44)41-26(49)18(7-3-4-10-32)39-28(51)21(14-43)42-27(50)19(8-9-24(46)47)38-23(45)13-37-25(48)17(33)6-5-11-36-31(34)35/h16-22,43-44H,3-15,32-33H2,1-2H3,(H,37,48)(H,38,45)(H,39,51)(H,40,52)(H,41,49)(H,42,50)(H,46,47)(H,53,54)(H4,34,35,36)/t17-,18-,19-,20-,21-,22-/m0/s1. The molecule has 0 bridgehead atoms. The third kappa shape index (κ3) is 20.8. The van der Waals surface area contributed by atoms with E-state index in [0.29, 0.717) is 19.3 Å². The molecule has 0 aliphatic heterocycles. The third-order valence-electron chi connectivity index (χ3n) is 7.56. The Bertz CT molecular complexity index is 1300. The lowest BCUT2D eigenvalue weighted by Crippen LogP contribution is -2.60. The number of aliphatic carboxylic acids is 2. The van der Waals surface area contributed by atoms with Crippen LogP contribution in [0.25, 0.3) is 0 Å². The monoisotopic (exact) mass is 775 g/mol. The molecule has 0 unspecified atom stereocenters. The number of hydrogen-bond donors (Lipinski definition) is 14. The van der Waals surface area contributed by atoms with Gasteiger partial charge in [0, 0.05) is 13.0 Å². The van der Waals surface area contributed by atoms with E-state index in [0.717, 1.165) is 0 Å². The number of nitrogens with two attached hydrogens (primary N) is 4. The van der Waals surface area contributed by atoms with Crippen LogP contribution in [0.5, 0.6) is 0 Å². The normalized spacial score (nSPS) is 14.2. The molecule has 23 nitrogen and oxygen atoms in total. The lowest BCUT2D eigenvalue weighted by molar-refractivity contribution is -0.143. The number of unbranched alkanes of at least 4 members (excludes halogenated alkanes) is 1. The van der Waals surface area contributed by atoms with Crippen LogP contribution in [0.15, 0.2) is 4.99 Å². The molecule has 23 heteroatoms. The molecule has 6 atom stereocenters. The van der Waals surface area contributed by atoms with Gasteiger partial charge >= 0.3 is 11.9 Å². The van der Waals surface area contributed by atoms with Crippen LogP contribution in [0.4, 0.5) is 0 Å². The van der Waals surface area contributed by atoms with Crippen molar-refractivity contribution in [2.45, 2.75) is 101 Å². The average molecular weight is 776 g/mol. The maximum Gasteiger partial charge on any atom is 0.326 e. The van der Waals surface area contributed by atoms with Crippen LogP contribution in [-0.4, -0.2) is 143 Å². The molecule has 0 fully saturated rings. The summed E-state index contributed by atoms with van der Waals surface area (Å²) in [5, 5.41) is 51.9. The first-order valence-corrected chi connectivity index (χ1v) is 17.3. The summed E-state index contributed by atoms with van der Waals surface area (Å²) in [5.41, 5.74) is 21.8. The minimum Gasteiger partial charge on any atom is -0.481 e. The number of aliphatic hydroxyl groups is 2. The van der Waals surface area contributed by atoms with Gasteiger partial charge in [0.05, 0.1) is 25.8 Å². The maximum atomic E-state index is 13.2. The molecule has 0 aliphatic rings. The predicted molar refractivity (Wildman–Crippen MR) is 192 cm³/mol. The molecule has 0 aromatic rings. The molecule has 54 heavy (non-hydrogen) atoms. The van der Waals surface area contributed by atoms with Crippen LogP contribution in [0.1, 0.15) is 65.2 Å². The first-order valence-electron chi connectivity index (χ1n) is 17.3. The quantitative estimate of drug-likeness (QED) is 0.0200.